The fourth-order valence-electron chi connectivity index (χ4n) is 3.25. The van der Waals surface area contributed by atoms with Gasteiger partial charge in [0.05, 0.1) is 11.1 Å². The van der Waals surface area contributed by atoms with E-state index in [0.717, 1.165) is 10.6 Å². The molecule has 1 saturated heterocycles. The van der Waals surface area contributed by atoms with Gasteiger partial charge in [-0.15, -0.1) is 0 Å². The van der Waals surface area contributed by atoms with E-state index in [9.17, 15) is 27.6 Å². The first kappa shape index (κ1) is 19.7. The highest BCUT2D eigenvalue weighted by molar-refractivity contribution is 5.96. The summed E-state index contributed by atoms with van der Waals surface area (Å²) in [5.41, 5.74) is -2.27. The first-order chi connectivity index (χ1) is 13.1. The van der Waals surface area contributed by atoms with Crippen LogP contribution in [0.3, 0.4) is 0 Å². The number of alkyl halides is 3. The number of hydrogen-bond acceptors (Lipinski definition) is 4. The van der Waals surface area contributed by atoms with Gasteiger partial charge in [0.25, 0.3) is 11.5 Å². The average Bonchev–Trinajstić information content (AvgIpc) is 2.68. The molecular weight excluding hydrogens is 377 g/mol. The topological polar surface area (TPSA) is 67.5 Å². The molecule has 1 aromatic carbocycles. The van der Waals surface area contributed by atoms with Gasteiger partial charge in [0.1, 0.15) is 5.82 Å². The minimum Gasteiger partial charge on any atom is -0.354 e. The molecule has 2 heterocycles. The van der Waals surface area contributed by atoms with Crippen LogP contribution in [0.5, 0.6) is 0 Å². The molecule has 1 amide bonds. The zero-order valence-electron chi connectivity index (χ0n) is 15.4. The van der Waals surface area contributed by atoms with Crippen molar-refractivity contribution in [2.45, 2.75) is 6.18 Å². The van der Waals surface area contributed by atoms with Crippen LogP contribution in [0.2, 0.25) is 0 Å². The highest BCUT2D eigenvalue weighted by Gasteiger charge is 2.36. The fraction of sp³-hybridized carbons (Fsp3) is 0.389. The van der Waals surface area contributed by atoms with Crippen LogP contribution in [0, 0.1) is 0 Å². The van der Waals surface area contributed by atoms with E-state index >= 15 is 0 Å². The maximum atomic E-state index is 13.2. The first-order valence-electron chi connectivity index (χ1n) is 8.58. The highest BCUT2D eigenvalue weighted by Crippen LogP contribution is 2.32. The maximum Gasteiger partial charge on any atom is 0.417 e. The van der Waals surface area contributed by atoms with Crippen molar-refractivity contribution in [1.82, 2.24) is 14.0 Å². The number of carbonyl (C=O) groups excluding carboxylic acids is 1. The Labute approximate surface area is 158 Å². The molecule has 0 radical (unpaired) electrons. The van der Waals surface area contributed by atoms with E-state index in [0.29, 0.717) is 18.9 Å². The van der Waals surface area contributed by atoms with Gasteiger partial charge in [0, 0.05) is 46.3 Å². The summed E-state index contributed by atoms with van der Waals surface area (Å²) in [4.78, 5) is 39.7. The molecule has 3 rings (SSSR count). The van der Waals surface area contributed by atoms with Gasteiger partial charge in [0.15, 0.2) is 0 Å². The van der Waals surface area contributed by atoms with Gasteiger partial charge in [-0.25, -0.2) is 4.79 Å². The molecule has 2 aromatic rings. The molecule has 0 N–H and O–H groups in total. The van der Waals surface area contributed by atoms with E-state index < -0.39 is 28.9 Å². The Balaban J connectivity index is 1.80. The summed E-state index contributed by atoms with van der Waals surface area (Å²) in [6, 6.07) is 6.03. The second-order valence-corrected chi connectivity index (χ2v) is 6.56. The summed E-state index contributed by atoms with van der Waals surface area (Å²) in [5.74, 6) is -0.277. The van der Waals surface area contributed by atoms with Crippen LogP contribution >= 0.6 is 0 Å². The quantitative estimate of drug-likeness (QED) is 0.762. The molecule has 1 aliphatic rings. The Morgan fingerprint density at radius 2 is 1.57 bits per heavy atom. The Morgan fingerprint density at radius 3 is 2.18 bits per heavy atom. The van der Waals surface area contributed by atoms with Crippen LogP contribution in [0.4, 0.5) is 19.0 Å². The smallest absolute Gasteiger partial charge is 0.354 e. The number of amides is 1. The first-order valence-corrected chi connectivity index (χ1v) is 8.58. The predicted molar refractivity (Wildman–Crippen MR) is 96.5 cm³/mol. The molecule has 28 heavy (non-hydrogen) atoms. The molecular formula is C18H19F3N4O3. The van der Waals surface area contributed by atoms with Crippen molar-refractivity contribution in [2.75, 3.05) is 31.1 Å². The lowest BCUT2D eigenvalue weighted by Crippen LogP contribution is -2.51. The van der Waals surface area contributed by atoms with Gasteiger partial charge in [-0.05, 0) is 12.1 Å². The second kappa shape index (κ2) is 7.17. The summed E-state index contributed by atoms with van der Waals surface area (Å²) >= 11 is 0. The van der Waals surface area contributed by atoms with E-state index in [1.54, 1.807) is 4.90 Å². The number of rotatable bonds is 2. The van der Waals surface area contributed by atoms with Gasteiger partial charge in [0.2, 0.25) is 0 Å². The van der Waals surface area contributed by atoms with E-state index in [-0.39, 0.29) is 18.7 Å². The predicted octanol–water partition coefficient (Wildman–Crippen LogP) is 1.07. The number of halogens is 3. The molecule has 0 bridgehead atoms. The summed E-state index contributed by atoms with van der Waals surface area (Å²) in [5, 5.41) is 0. The zero-order valence-corrected chi connectivity index (χ0v) is 15.4. The third-order valence-electron chi connectivity index (χ3n) is 4.85. The van der Waals surface area contributed by atoms with Crippen LogP contribution in [-0.4, -0.2) is 46.1 Å². The minimum absolute atomic E-state index is 0.175. The summed E-state index contributed by atoms with van der Waals surface area (Å²) < 4.78 is 41.8. The van der Waals surface area contributed by atoms with Crippen molar-refractivity contribution in [1.29, 1.82) is 0 Å². The molecule has 0 spiro atoms. The summed E-state index contributed by atoms with van der Waals surface area (Å²) in [6.07, 6.45) is -4.61. The lowest BCUT2D eigenvalue weighted by atomic mass is 10.1. The number of nitrogens with zero attached hydrogens (tertiary/aromatic N) is 4. The van der Waals surface area contributed by atoms with Crippen molar-refractivity contribution >= 4 is 11.7 Å². The van der Waals surface area contributed by atoms with Crippen LogP contribution in [0.15, 0.2) is 39.9 Å². The van der Waals surface area contributed by atoms with Gasteiger partial charge in [-0.2, -0.15) is 13.2 Å². The van der Waals surface area contributed by atoms with Crippen molar-refractivity contribution in [3.8, 4) is 0 Å². The van der Waals surface area contributed by atoms with Crippen molar-refractivity contribution < 1.29 is 18.0 Å². The molecule has 1 aromatic heterocycles. The van der Waals surface area contributed by atoms with E-state index in [4.69, 9.17) is 0 Å². The van der Waals surface area contributed by atoms with E-state index in [1.807, 2.05) is 0 Å². The molecule has 0 unspecified atom stereocenters. The van der Waals surface area contributed by atoms with Crippen LogP contribution in [0.25, 0.3) is 0 Å². The fourth-order valence-corrected chi connectivity index (χ4v) is 3.25. The molecule has 1 aliphatic heterocycles. The second-order valence-electron chi connectivity index (χ2n) is 6.56. The van der Waals surface area contributed by atoms with Crippen molar-refractivity contribution in [2.24, 2.45) is 14.1 Å². The standard InChI is InChI=1S/C18H19F3N4O3/c1-22-14(11-15(26)23(2)17(22)28)24-7-9-25(10-8-24)16(27)12-5-3-4-6-13(12)18(19,20)21/h3-6,11H,7-10H2,1-2H3. The van der Waals surface area contributed by atoms with Crippen molar-refractivity contribution in [3.63, 3.8) is 0 Å². The number of anilines is 1. The number of benzene rings is 1. The zero-order chi connectivity index (χ0) is 20.6. The lowest BCUT2D eigenvalue weighted by Gasteiger charge is -2.36. The number of piperazine rings is 1. The largest absolute Gasteiger partial charge is 0.417 e. The number of hydrogen-bond donors (Lipinski definition) is 0. The normalized spacial score (nSPS) is 15.0. The molecule has 0 atom stereocenters. The molecule has 1 fully saturated rings. The third kappa shape index (κ3) is 3.54. The van der Waals surface area contributed by atoms with E-state index in [1.165, 1.54) is 47.8 Å². The monoisotopic (exact) mass is 396 g/mol. The Bertz CT molecular complexity index is 1020. The van der Waals surface area contributed by atoms with Crippen LogP contribution < -0.4 is 16.1 Å². The molecule has 10 heteroatoms. The van der Waals surface area contributed by atoms with Crippen molar-refractivity contribution in [3.05, 3.63) is 62.3 Å². The number of carbonyl (C=O) groups is 1. The Morgan fingerprint density at radius 1 is 0.964 bits per heavy atom. The molecule has 150 valence electrons. The number of aromatic nitrogens is 2. The summed E-state index contributed by atoms with van der Waals surface area (Å²) in [7, 11) is 2.91. The van der Waals surface area contributed by atoms with Gasteiger partial charge >= 0.3 is 11.9 Å². The van der Waals surface area contributed by atoms with Gasteiger partial charge in [-0.3, -0.25) is 18.7 Å². The SMILES string of the molecule is Cn1c(N2CCN(C(=O)c3ccccc3C(F)(F)F)CC2)cc(=O)n(C)c1=O. The lowest BCUT2D eigenvalue weighted by molar-refractivity contribution is -0.138. The van der Waals surface area contributed by atoms with Gasteiger partial charge in [-0.1, -0.05) is 12.1 Å². The maximum absolute atomic E-state index is 13.2. The van der Waals surface area contributed by atoms with Crippen LogP contribution in [0.1, 0.15) is 15.9 Å². The average molecular weight is 396 g/mol. The van der Waals surface area contributed by atoms with Gasteiger partial charge < -0.3 is 9.80 Å². The highest BCUT2D eigenvalue weighted by atomic mass is 19.4. The van der Waals surface area contributed by atoms with Crippen LogP contribution in [-0.2, 0) is 20.3 Å². The molecule has 7 nitrogen and oxygen atoms in total. The Hall–Kier alpha value is -3.04. The molecule has 0 saturated carbocycles. The Kier molecular flexibility index (Phi) is 5.05. The molecule has 0 aliphatic carbocycles. The summed E-state index contributed by atoms with van der Waals surface area (Å²) in [6.45, 7) is 0.934. The minimum atomic E-state index is -4.61. The van der Waals surface area contributed by atoms with E-state index in [2.05, 4.69) is 0 Å². The third-order valence-corrected chi connectivity index (χ3v) is 4.85.